The van der Waals surface area contributed by atoms with Crippen LogP contribution in [0.25, 0.3) is 10.9 Å². The zero-order valence-electron chi connectivity index (χ0n) is 13.6. The van der Waals surface area contributed by atoms with Gasteiger partial charge in [-0.3, -0.25) is 9.88 Å². The smallest absolute Gasteiger partial charge is 0.0726 e. The van der Waals surface area contributed by atoms with Crippen molar-refractivity contribution in [2.75, 3.05) is 25.0 Å². The van der Waals surface area contributed by atoms with Gasteiger partial charge in [0, 0.05) is 41.9 Å². The lowest BCUT2D eigenvalue weighted by atomic mass is 10.1. The van der Waals surface area contributed by atoms with Crippen LogP contribution in [0.4, 0.5) is 5.69 Å². The van der Waals surface area contributed by atoms with E-state index < -0.39 is 0 Å². The number of pyridine rings is 1. The topological polar surface area (TPSA) is 19.4 Å². The molecule has 2 fully saturated rings. The first-order valence-corrected chi connectivity index (χ1v) is 8.62. The SMILES string of the molecule is CCc1cc(N2CCC3CCC(C2)N3C)c2ccccc2n1. The molecule has 1 aromatic heterocycles. The summed E-state index contributed by atoms with van der Waals surface area (Å²) in [5.41, 5.74) is 3.74. The van der Waals surface area contributed by atoms with Crippen molar-refractivity contribution < 1.29 is 0 Å². The molecular weight excluding hydrogens is 270 g/mol. The second-order valence-corrected chi connectivity index (χ2v) is 6.79. The van der Waals surface area contributed by atoms with E-state index >= 15 is 0 Å². The maximum atomic E-state index is 4.80. The summed E-state index contributed by atoms with van der Waals surface area (Å²) in [6, 6.07) is 12.4. The molecule has 3 nitrogen and oxygen atoms in total. The molecule has 2 bridgehead atoms. The van der Waals surface area contributed by atoms with Crippen LogP contribution in [0.3, 0.4) is 0 Å². The number of hydrogen-bond acceptors (Lipinski definition) is 3. The Labute approximate surface area is 132 Å². The Kier molecular flexibility index (Phi) is 3.53. The molecule has 2 aromatic rings. The summed E-state index contributed by atoms with van der Waals surface area (Å²) in [7, 11) is 2.31. The second-order valence-electron chi connectivity index (χ2n) is 6.79. The number of anilines is 1. The Balaban J connectivity index is 1.76. The van der Waals surface area contributed by atoms with Crippen molar-refractivity contribution in [2.45, 2.75) is 44.7 Å². The van der Waals surface area contributed by atoms with Crippen molar-refractivity contribution in [1.82, 2.24) is 9.88 Å². The van der Waals surface area contributed by atoms with E-state index in [1.807, 2.05) is 0 Å². The number of rotatable bonds is 2. The van der Waals surface area contributed by atoms with Gasteiger partial charge in [-0.05, 0) is 44.9 Å². The molecule has 2 unspecified atom stereocenters. The molecule has 0 saturated carbocycles. The summed E-state index contributed by atoms with van der Waals surface area (Å²) >= 11 is 0. The predicted octanol–water partition coefficient (Wildman–Crippen LogP) is 3.47. The number of fused-ring (bicyclic) bond motifs is 3. The Morgan fingerprint density at radius 3 is 2.82 bits per heavy atom. The van der Waals surface area contributed by atoms with E-state index in [0.717, 1.165) is 24.5 Å². The van der Waals surface area contributed by atoms with Crippen molar-refractivity contribution in [3.8, 4) is 0 Å². The number of hydrogen-bond donors (Lipinski definition) is 0. The zero-order valence-corrected chi connectivity index (χ0v) is 13.6. The van der Waals surface area contributed by atoms with Gasteiger partial charge in [0.1, 0.15) is 0 Å². The van der Waals surface area contributed by atoms with Crippen molar-refractivity contribution in [3.05, 3.63) is 36.0 Å². The van der Waals surface area contributed by atoms with Gasteiger partial charge in [-0.1, -0.05) is 25.1 Å². The molecule has 2 aliphatic heterocycles. The lowest BCUT2D eigenvalue weighted by Crippen LogP contribution is -2.36. The van der Waals surface area contributed by atoms with Crippen LogP contribution in [0.1, 0.15) is 31.9 Å². The van der Waals surface area contributed by atoms with E-state index in [1.165, 1.54) is 42.6 Å². The maximum absolute atomic E-state index is 4.80. The summed E-state index contributed by atoms with van der Waals surface area (Å²) in [5, 5.41) is 1.31. The Morgan fingerprint density at radius 2 is 1.95 bits per heavy atom. The number of aryl methyl sites for hydroxylation is 1. The van der Waals surface area contributed by atoms with E-state index in [9.17, 15) is 0 Å². The molecule has 1 aromatic carbocycles. The minimum absolute atomic E-state index is 0.713. The summed E-state index contributed by atoms with van der Waals surface area (Å²) in [4.78, 5) is 10.0. The summed E-state index contributed by atoms with van der Waals surface area (Å²) in [6.07, 6.45) is 5.01. The standard InChI is InChI=1S/C19H25N3/c1-3-14-12-19(17-6-4-5-7-18(17)20-14)22-11-10-15-8-9-16(13-22)21(15)2/h4-7,12,15-16H,3,8-11,13H2,1-2H3. The summed E-state index contributed by atoms with van der Waals surface area (Å²) < 4.78 is 0. The first-order valence-electron chi connectivity index (χ1n) is 8.62. The van der Waals surface area contributed by atoms with Crippen LogP contribution in [0.15, 0.2) is 30.3 Å². The molecule has 22 heavy (non-hydrogen) atoms. The zero-order chi connectivity index (χ0) is 15.1. The molecule has 3 heterocycles. The van der Waals surface area contributed by atoms with Crippen molar-refractivity contribution in [3.63, 3.8) is 0 Å². The maximum Gasteiger partial charge on any atom is 0.0726 e. The van der Waals surface area contributed by atoms with E-state index in [0.29, 0.717) is 6.04 Å². The number of likely N-dealkylation sites (N-methyl/N-ethyl adjacent to an activating group) is 1. The predicted molar refractivity (Wildman–Crippen MR) is 92.5 cm³/mol. The van der Waals surface area contributed by atoms with Gasteiger partial charge in [0.25, 0.3) is 0 Å². The third kappa shape index (κ3) is 2.28. The van der Waals surface area contributed by atoms with Gasteiger partial charge >= 0.3 is 0 Å². The molecule has 0 N–H and O–H groups in total. The fourth-order valence-corrected chi connectivity index (χ4v) is 4.18. The van der Waals surface area contributed by atoms with Crippen LogP contribution in [0.2, 0.25) is 0 Å². The van der Waals surface area contributed by atoms with Gasteiger partial charge in [-0.25, -0.2) is 0 Å². The highest BCUT2D eigenvalue weighted by atomic mass is 15.3. The molecule has 2 aliphatic rings. The third-order valence-corrected chi connectivity index (χ3v) is 5.60. The van der Waals surface area contributed by atoms with Gasteiger partial charge in [-0.15, -0.1) is 0 Å². The van der Waals surface area contributed by atoms with Crippen molar-refractivity contribution in [2.24, 2.45) is 0 Å². The molecular formula is C19H25N3. The van der Waals surface area contributed by atoms with Crippen molar-refractivity contribution >= 4 is 16.6 Å². The van der Waals surface area contributed by atoms with Crippen LogP contribution >= 0.6 is 0 Å². The molecule has 0 aliphatic carbocycles. The highest BCUT2D eigenvalue weighted by Gasteiger charge is 2.35. The van der Waals surface area contributed by atoms with Gasteiger partial charge in [0.2, 0.25) is 0 Å². The van der Waals surface area contributed by atoms with Gasteiger partial charge in [0.05, 0.1) is 5.52 Å². The number of benzene rings is 1. The lowest BCUT2D eigenvalue weighted by molar-refractivity contribution is 0.254. The van der Waals surface area contributed by atoms with Crippen LogP contribution in [-0.4, -0.2) is 42.1 Å². The quantitative estimate of drug-likeness (QED) is 0.845. The molecule has 116 valence electrons. The highest BCUT2D eigenvalue weighted by molar-refractivity contribution is 5.92. The van der Waals surface area contributed by atoms with Crippen LogP contribution < -0.4 is 4.90 Å². The van der Waals surface area contributed by atoms with Crippen LogP contribution in [0.5, 0.6) is 0 Å². The molecule has 4 rings (SSSR count). The van der Waals surface area contributed by atoms with Gasteiger partial charge < -0.3 is 4.90 Å². The number of nitrogens with zero attached hydrogens (tertiary/aromatic N) is 3. The van der Waals surface area contributed by atoms with E-state index in [2.05, 4.69) is 54.1 Å². The Morgan fingerprint density at radius 1 is 1.14 bits per heavy atom. The molecule has 0 amide bonds. The minimum atomic E-state index is 0.713. The fraction of sp³-hybridized carbons (Fsp3) is 0.526. The molecule has 2 atom stereocenters. The third-order valence-electron chi connectivity index (χ3n) is 5.60. The average Bonchev–Trinajstić information content (AvgIpc) is 2.79. The summed E-state index contributed by atoms with van der Waals surface area (Å²) in [5.74, 6) is 0. The molecule has 3 heteroatoms. The first kappa shape index (κ1) is 14.0. The van der Waals surface area contributed by atoms with Gasteiger partial charge in [0.15, 0.2) is 0 Å². The molecule has 0 radical (unpaired) electrons. The highest BCUT2D eigenvalue weighted by Crippen LogP contribution is 2.33. The van der Waals surface area contributed by atoms with E-state index in [4.69, 9.17) is 4.98 Å². The van der Waals surface area contributed by atoms with Crippen molar-refractivity contribution in [1.29, 1.82) is 0 Å². The fourth-order valence-electron chi connectivity index (χ4n) is 4.18. The first-order chi connectivity index (χ1) is 10.8. The molecule has 2 saturated heterocycles. The summed E-state index contributed by atoms with van der Waals surface area (Å²) in [6.45, 7) is 4.52. The molecule has 0 spiro atoms. The Bertz CT molecular complexity index is 681. The average molecular weight is 295 g/mol. The number of aromatic nitrogens is 1. The minimum Gasteiger partial charge on any atom is -0.369 e. The number of para-hydroxylation sites is 1. The van der Waals surface area contributed by atoms with Crippen LogP contribution in [0, 0.1) is 0 Å². The lowest BCUT2D eigenvalue weighted by Gasteiger charge is -2.29. The Hall–Kier alpha value is -1.61. The monoisotopic (exact) mass is 295 g/mol. The van der Waals surface area contributed by atoms with Gasteiger partial charge in [-0.2, -0.15) is 0 Å². The normalized spacial score (nSPS) is 25.6. The largest absolute Gasteiger partial charge is 0.369 e. The van der Waals surface area contributed by atoms with E-state index in [-0.39, 0.29) is 0 Å². The van der Waals surface area contributed by atoms with Crippen LogP contribution in [-0.2, 0) is 6.42 Å². The van der Waals surface area contributed by atoms with E-state index in [1.54, 1.807) is 0 Å². The second kappa shape index (κ2) is 5.54.